The summed E-state index contributed by atoms with van der Waals surface area (Å²) >= 11 is 0. The number of fused-ring (bicyclic) bond motifs is 1. The van der Waals surface area contributed by atoms with Crippen LogP contribution in [0.5, 0.6) is 17.2 Å². The molecule has 3 aliphatic heterocycles. The molecule has 2 fully saturated rings. The summed E-state index contributed by atoms with van der Waals surface area (Å²) < 4.78 is 16.2. The molecule has 8 heteroatoms. The number of urea groups is 1. The van der Waals surface area contributed by atoms with Crippen LogP contribution in [0.1, 0.15) is 30.0 Å². The minimum absolute atomic E-state index is 0.0282. The van der Waals surface area contributed by atoms with E-state index in [2.05, 4.69) is 39.4 Å². The second-order valence-corrected chi connectivity index (χ2v) is 9.17. The first-order chi connectivity index (χ1) is 16.7. The molecule has 2 aromatic rings. The molecule has 3 heterocycles. The van der Waals surface area contributed by atoms with Crippen molar-refractivity contribution in [2.24, 2.45) is 0 Å². The molecule has 0 spiro atoms. The van der Waals surface area contributed by atoms with Crippen molar-refractivity contribution >= 4 is 6.03 Å². The molecule has 0 aliphatic carbocycles. The Bertz CT molecular complexity index is 969. The van der Waals surface area contributed by atoms with Gasteiger partial charge in [-0.05, 0) is 61.3 Å². The smallest absolute Gasteiger partial charge is 0.317 e. The molecule has 0 aromatic heterocycles. The minimum atomic E-state index is 0.0282. The van der Waals surface area contributed by atoms with Gasteiger partial charge in [0.05, 0.1) is 13.2 Å². The maximum Gasteiger partial charge on any atom is 0.317 e. The number of carbonyl (C=O) groups is 1. The highest BCUT2D eigenvalue weighted by molar-refractivity contribution is 5.74. The topological polar surface area (TPSA) is 66.5 Å². The normalized spacial score (nSPS) is 19.3. The summed E-state index contributed by atoms with van der Waals surface area (Å²) in [5.74, 6) is 2.48. The van der Waals surface area contributed by atoms with Crippen molar-refractivity contribution in [2.75, 3.05) is 59.7 Å². The molecule has 2 saturated heterocycles. The second-order valence-electron chi connectivity index (χ2n) is 9.17. The van der Waals surface area contributed by atoms with Crippen molar-refractivity contribution < 1.29 is 19.0 Å². The van der Waals surface area contributed by atoms with Crippen molar-refractivity contribution in [1.29, 1.82) is 0 Å². The van der Waals surface area contributed by atoms with E-state index in [1.807, 2.05) is 23.1 Å². The van der Waals surface area contributed by atoms with Crippen LogP contribution in [0.4, 0.5) is 4.79 Å². The van der Waals surface area contributed by atoms with Crippen molar-refractivity contribution in [2.45, 2.75) is 25.4 Å². The molecule has 182 valence electrons. The number of likely N-dealkylation sites (tertiary alicyclic amines) is 1. The van der Waals surface area contributed by atoms with E-state index in [1.54, 1.807) is 7.11 Å². The van der Waals surface area contributed by atoms with Crippen molar-refractivity contribution in [3.05, 3.63) is 53.6 Å². The summed E-state index contributed by atoms with van der Waals surface area (Å²) in [6, 6.07) is 14.6. The fourth-order valence-corrected chi connectivity index (χ4v) is 5.04. The molecule has 0 radical (unpaired) electrons. The van der Waals surface area contributed by atoms with Gasteiger partial charge in [-0.1, -0.05) is 18.2 Å². The Morgan fingerprint density at radius 3 is 2.44 bits per heavy atom. The van der Waals surface area contributed by atoms with Crippen molar-refractivity contribution in [1.82, 2.24) is 20.0 Å². The highest BCUT2D eigenvalue weighted by Crippen LogP contribution is 2.33. The number of piperazine rings is 1. The Balaban J connectivity index is 1.12. The fourth-order valence-electron chi connectivity index (χ4n) is 5.04. The maximum absolute atomic E-state index is 13.0. The minimum Gasteiger partial charge on any atom is -0.497 e. The summed E-state index contributed by atoms with van der Waals surface area (Å²) in [6.45, 7) is 7.08. The van der Waals surface area contributed by atoms with E-state index in [-0.39, 0.29) is 12.1 Å². The highest BCUT2D eigenvalue weighted by Gasteiger charge is 2.26. The Kier molecular flexibility index (Phi) is 7.06. The van der Waals surface area contributed by atoms with Crippen LogP contribution in [0.2, 0.25) is 0 Å². The van der Waals surface area contributed by atoms with Crippen molar-refractivity contribution in [3.8, 4) is 17.2 Å². The molecule has 2 amide bonds. The van der Waals surface area contributed by atoms with E-state index < -0.39 is 0 Å². The van der Waals surface area contributed by atoms with E-state index in [0.29, 0.717) is 13.3 Å². The average molecular weight is 467 g/mol. The van der Waals surface area contributed by atoms with Gasteiger partial charge in [-0.15, -0.1) is 0 Å². The zero-order chi connectivity index (χ0) is 23.3. The first kappa shape index (κ1) is 22.8. The maximum atomic E-state index is 13.0. The first-order valence-electron chi connectivity index (χ1n) is 12.2. The molecule has 3 aliphatic rings. The van der Waals surface area contributed by atoms with Crippen LogP contribution in [-0.4, -0.2) is 80.4 Å². The van der Waals surface area contributed by atoms with E-state index in [0.717, 1.165) is 63.1 Å². The van der Waals surface area contributed by atoms with Gasteiger partial charge < -0.3 is 24.4 Å². The largest absolute Gasteiger partial charge is 0.497 e. The number of benzene rings is 2. The van der Waals surface area contributed by atoms with Gasteiger partial charge in [0.1, 0.15) is 5.75 Å². The molecule has 8 nitrogen and oxygen atoms in total. The van der Waals surface area contributed by atoms with Crippen LogP contribution >= 0.6 is 0 Å². The number of amides is 2. The van der Waals surface area contributed by atoms with Gasteiger partial charge in [-0.25, -0.2) is 4.79 Å². The van der Waals surface area contributed by atoms with Gasteiger partial charge in [0.2, 0.25) is 6.79 Å². The third-order valence-corrected chi connectivity index (χ3v) is 7.03. The molecule has 1 atom stereocenters. The second kappa shape index (κ2) is 10.5. The molecule has 2 aromatic carbocycles. The van der Waals surface area contributed by atoms with E-state index in [1.165, 1.54) is 24.0 Å². The lowest BCUT2D eigenvalue weighted by Crippen LogP contribution is -2.52. The van der Waals surface area contributed by atoms with E-state index in [9.17, 15) is 4.79 Å². The van der Waals surface area contributed by atoms with Crippen LogP contribution in [0.15, 0.2) is 42.5 Å². The van der Waals surface area contributed by atoms with Crippen LogP contribution in [0.25, 0.3) is 0 Å². The van der Waals surface area contributed by atoms with E-state index >= 15 is 0 Å². The quantitative estimate of drug-likeness (QED) is 0.677. The van der Waals surface area contributed by atoms with Gasteiger partial charge >= 0.3 is 6.03 Å². The number of hydrogen-bond acceptors (Lipinski definition) is 6. The number of hydrogen-bond donors (Lipinski definition) is 1. The van der Waals surface area contributed by atoms with Crippen LogP contribution in [0, 0.1) is 0 Å². The number of methoxy groups -OCH3 is 1. The number of rotatable bonds is 7. The fraction of sp³-hybridized carbons (Fsp3) is 0.500. The Morgan fingerprint density at radius 2 is 1.71 bits per heavy atom. The molecule has 1 N–H and O–H groups in total. The molecule has 1 unspecified atom stereocenters. The number of ether oxygens (including phenoxy) is 3. The molecular weight excluding hydrogens is 432 g/mol. The lowest BCUT2D eigenvalue weighted by Gasteiger charge is -2.35. The summed E-state index contributed by atoms with van der Waals surface area (Å²) in [5, 5.41) is 3.21. The molecule has 5 rings (SSSR count). The third kappa shape index (κ3) is 5.23. The third-order valence-electron chi connectivity index (χ3n) is 7.03. The Labute approximate surface area is 201 Å². The predicted octanol–water partition coefficient (Wildman–Crippen LogP) is 3.09. The monoisotopic (exact) mass is 466 g/mol. The average Bonchev–Trinajstić information content (AvgIpc) is 3.57. The number of nitrogens with zero attached hydrogens (tertiary/aromatic N) is 3. The van der Waals surface area contributed by atoms with Gasteiger partial charge in [-0.2, -0.15) is 0 Å². The molecule has 0 saturated carbocycles. The molecular formula is C26H34N4O4. The lowest BCUT2D eigenvalue weighted by atomic mass is 10.1. The van der Waals surface area contributed by atoms with Crippen molar-refractivity contribution in [3.63, 3.8) is 0 Å². The zero-order valence-corrected chi connectivity index (χ0v) is 19.9. The predicted molar refractivity (Wildman–Crippen MR) is 129 cm³/mol. The van der Waals surface area contributed by atoms with Crippen LogP contribution in [-0.2, 0) is 6.54 Å². The SMILES string of the molecule is COc1ccc(C(CNC(=O)N2CCN(Cc3ccc4c(c3)OCO4)CC2)N2CCCC2)cc1. The lowest BCUT2D eigenvalue weighted by molar-refractivity contribution is 0.132. The zero-order valence-electron chi connectivity index (χ0n) is 19.9. The molecule has 34 heavy (non-hydrogen) atoms. The molecule has 0 bridgehead atoms. The van der Waals surface area contributed by atoms with Gasteiger partial charge in [0, 0.05) is 39.3 Å². The standard InChI is InChI=1S/C26H34N4O4/c1-32-22-7-5-21(6-8-22)23(29-10-2-3-11-29)17-27-26(31)30-14-12-28(13-15-30)18-20-4-9-24-25(16-20)34-19-33-24/h4-9,16,23H,2-3,10-15,17-19H2,1H3,(H,27,31). The summed E-state index contributed by atoms with van der Waals surface area (Å²) in [6.07, 6.45) is 2.43. The van der Waals surface area contributed by atoms with Gasteiger partial charge in [0.15, 0.2) is 11.5 Å². The Hall–Kier alpha value is -2.97. The summed E-state index contributed by atoms with van der Waals surface area (Å²) in [4.78, 5) is 19.8. The summed E-state index contributed by atoms with van der Waals surface area (Å²) in [5.41, 5.74) is 2.42. The van der Waals surface area contributed by atoms with Crippen LogP contribution in [0.3, 0.4) is 0 Å². The summed E-state index contributed by atoms with van der Waals surface area (Å²) in [7, 11) is 1.68. The van der Waals surface area contributed by atoms with E-state index in [4.69, 9.17) is 14.2 Å². The first-order valence-corrected chi connectivity index (χ1v) is 12.2. The highest BCUT2D eigenvalue weighted by atomic mass is 16.7. The van der Waals surface area contributed by atoms with Gasteiger partial charge in [0.25, 0.3) is 0 Å². The van der Waals surface area contributed by atoms with Gasteiger partial charge in [-0.3, -0.25) is 9.80 Å². The number of nitrogens with one attached hydrogen (secondary N) is 1. The number of carbonyl (C=O) groups excluding carboxylic acids is 1. The van der Waals surface area contributed by atoms with Crippen LogP contribution < -0.4 is 19.5 Å². The Morgan fingerprint density at radius 1 is 0.971 bits per heavy atom.